The van der Waals surface area contributed by atoms with E-state index in [4.69, 9.17) is 61.1 Å². The number of anilines is 3. The number of aliphatic hydroxyl groups excluding tert-OH is 1. The van der Waals surface area contributed by atoms with Crippen molar-refractivity contribution in [2.75, 3.05) is 42.7 Å². The summed E-state index contributed by atoms with van der Waals surface area (Å²) in [5.41, 5.74) is 20.7. The van der Waals surface area contributed by atoms with Crippen LogP contribution in [0.5, 0.6) is 0 Å². The number of benzene rings is 1. The minimum Gasteiger partial charge on any atom is -0.444 e. The minimum absolute atomic E-state index is 0.000444. The van der Waals surface area contributed by atoms with Gasteiger partial charge >= 0.3 is 25.6 Å². The van der Waals surface area contributed by atoms with Crippen molar-refractivity contribution in [3.63, 3.8) is 0 Å². The molecule has 0 bridgehead atoms. The van der Waals surface area contributed by atoms with Crippen LogP contribution in [0.2, 0.25) is 0 Å². The van der Waals surface area contributed by atoms with Crippen LogP contribution in [0.25, 0.3) is 32.8 Å². The number of aliphatic hydroxyl groups is 1. The molecule has 0 saturated carbocycles. The molecule has 12 atom stereocenters. The van der Waals surface area contributed by atoms with E-state index in [1.807, 2.05) is 0 Å². The van der Waals surface area contributed by atoms with E-state index in [0.29, 0.717) is 11.3 Å². The van der Waals surface area contributed by atoms with Gasteiger partial charge in [0.25, 0.3) is 0 Å². The van der Waals surface area contributed by atoms with E-state index < -0.39 is 130 Å². The lowest BCUT2D eigenvalue weighted by Gasteiger charge is -2.29. The molecular weight excluding hydrogens is 1130 g/mol. The number of hydrogen-bond acceptors (Lipinski definition) is 23. The molecule has 3 fully saturated rings. The van der Waals surface area contributed by atoms with E-state index in [-0.39, 0.29) is 60.0 Å². The Morgan fingerprint density at radius 3 is 2.30 bits per heavy atom. The van der Waals surface area contributed by atoms with Gasteiger partial charge in [0.05, 0.1) is 25.9 Å². The first-order chi connectivity index (χ1) is 37.6. The number of fused-ring (bicyclic) bond motifs is 4. The van der Waals surface area contributed by atoms with Gasteiger partial charge in [-0.15, -0.1) is 0 Å². The van der Waals surface area contributed by atoms with Crippen molar-refractivity contribution in [1.29, 1.82) is 0 Å². The number of nitrogen functional groups attached to an aromatic ring is 1. The van der Waals surface area contributed by atoms with E-state index in [1.54, 1.807) is 26.0 Å². The average Bonchev–Trinajstić information content (AvgIpc) is 4.40. The Kier molecular flexibility index (Phi) is 18.6. The van der Waals surface area contributed by atoms with Crippen molar-refractivity contribution in [3.8, 4) is 0 Å². The summed E-state index contributed by atoms with van der Waals surface area (Å²) >= 11 is 9.37. The van der Waals surface area contributed by atoms with Gasteiger partial charge in [-0.2, -0.15) is 0 Å². The summed E-state index contributed by atoms with van der Waals surface area (Å²) in [7, 11) is 0. The number of alkyl halides is 1. The Labute approximate surface area is 455 Å². The molecule has 5 aromatic rings. The van der Waals surface area contributed by atoms with Crippen LogP contribution < -0.4 is 38.1 Å². The summed E-state index contributed by atoms with van der Waals surface area (Å²) in [6.07, 6.45) is -8.72. The van der Waals surface area contributed by atoms with Crippen LogP contribution in [0.4, 0.5) is 31.3 Å². The van der Waals surface area contributed by atoms with E-state index >= 15 is 4.39 Å². The molecule has 7 heterocycles. The third kappa shape index (κ3) is 14.2. The fourth-order valence-corrected chi connectivity index (χ4v) is 11.3. The number of aromatic nitrogens is 8. The highest BCUT2D eigenvalue weighted by atomic mass is 32.7. The molecule has 4 aromatic heterocycles. The number of primary amides is 1. The third-order valence-electron chi connectivity index (χ3n) is 12.1. The highest BCUT2D eigenvalue weighted by molar-refractivity contribution is 8.44. The van der Waals surface area contributed by atoms with E-state index in [0.717, 1.165) is 12.7 Å². The molecule has 38 heteroatoms. The number of ether oxygens (including phenoxy) is 3. The molecule has 11 N–H and O–H groups in total. The van der Waals surface area contributed by atoms with Gasteiger partial charge in [0.2, 0.25) is 17.7 Å². The van der Waals surface area contributed by atoms with Crippen molar-refractivity contribution in [2.24, 2.45) is 16.8 Å². The van der Waals surface area contributed by atoms with E-state index in [9.17, 15) is 38.5 Å². The first-order valence-electron chi connectivity index (χ1n) is 23.6. The third-order valence-corrected chi connectivity index (χ3v) is 15.3. The molecule has 8 rings (SSSR count). The largest absolute Gasteiger partial charge is 0.444 e. The number of urea groups is 1. The predicted octanol–water partition coefficient (Wildman–Crippen LogP) is 1.89. The Morgan fingerprint density at radius 2 is 1.59 bits per heavy atom. The smallest absolute Gasteiger partial charge is 0.413 e. The number of nitrogens with zero attached hydrogens (tertiary/aromatic N) is 11. The quantitative estimate of drug-likeness (QED) is 0.0159. The van der Waals surface area contributed by atoms with Crippen LogP contribution in [-0.4, -0.2) is 154 Å². The molecule has 33 nitrogen and oxygen atoms in total. The van der Waals surface area contributed by atoms with Crippen LogP contribution in [0.3, 0.4) is 0 Å². The van der Waals surface area contributed by atoms with Crippen LogP contribution in [0.1, 0.15) is 44.7 Å². The highest BCUT2D eigenvalue weighted by Crippen LogP contribution is 2.58. The van der Waals surface area contributed by atoms with Crippen molar-refractivity contribution in [2.45, 2.75) is 94.5 Å². The molecule has 3 saturated heterocycles. The lowest BCUT2D eigenvalue weighted by atomic mass is 10.0. The fraction of sp³-hybridized carbons (Fsp3) is 0.488. The molecule has 3 aliphatic heterocycles. The van der Waals surface area contributed by atoms with E-state index in [1.165, 1.54) is 33.9 Å². The van der Waals surface area contributed by atoms with Gasteiger partial charge in [0.1, 0.15) is 73.9 Å². The number of thiol groups is 1. The van der Waals surface area contributed by atoms with Gasteiger partial charge in [0.15, 0.2) is 47.1 Å². The second-order valence-corrected chi connectivity index (χ2v) is 23.6. The molecular formula is C41H51FN18O15P2S2. The number of carbonyl (C=O) groups is 5. The van der Waals surface area contributed by atoms with Crippen LogP contribution >= 0.6 is 25.8 Å². The Balaban J connectivity index is 0.881. The maximum Gasteiger partial charge on any atom is 0.413 e. The Hall–Kier alpha value is -6.78. The molecule has 2 unspecified atom stereocenters. The van der Waals surface area contributed by atoms with Crippen molar-refractivity contribution < 1.29 is 75.2 Å². The van der Waals surface area contributed by atoms with Crippen molar-refractivity contribution >= 4 is 107 Å². The van der Waals surface area contributed by atoms with Gasteiger partial charge in [-0.05, 0) is 53.8 Å². The van der Waals surface area contributed by atoms with Gasteiger partial charge in [-0.25, -0.2) is 48.4 Å². The summed E-state index contributed by atoms with van der Waals surface area (Å²) in [6, 6.07) is 3.13. The second-order valence-electron chi connectivity index (χ2n) is 17.9. The highest BCUT2D eigenvalue weighted by Gasteiger charge is 2.53. The number of azide groups is 1. The SMILES string of the molecule is CC(C)[C@H](NC(=O)CN=[N+]=[N-])C(=O)N[C@@H](CCCNC(N)=O)C(=O)Nc1ccc(COC(=O)Nc2ncnc3c2ncn3[C@@H]2O[C@@H]3COP(O)(=S)O[C@H]4[C@@H](F)[C@H](n5cnc6c(N)ncnc65)O[C@@H]4COP(=O)(S)O[C@H]3[C@H]2O)cc1. The maximum absolute atomic E-state index is 16.3. The normalized spacial score (nSPS) is 26.8. The first kappa shape index (κ1) is 58.4. The molecule has 0 spiro atoms. The number of rotatable bonds is 17. The number of imidazole rings is 2. The zero-order valence-corrected chi connectivity index (χ0v) is 44.8. The lowest BCUT2D eigenvalue weighted by Crippen LogP contribution is -2.55. The summed E-state index contributed by atoms with van der Waals surface area (Å²) in [4.78, 5) is 102. The monoisotopic (exact) mass is 1180 g/mol. The van der Waals surface area contributed by atoms with E-state index in [2.05, 4.69) is 78.8 Å². The number of amides is 6. The number of nitrogens with one attached hydrogen (secondary N) is 5. The average molecular weight is 1180 g/mol. The van der Waals surface area contributed by atoms with Crippen LogP contribution in [-0.2, 0) is 69.7 Å². The Morgan fingerprint density at radius 1 is 0.937 bits per heavy atom. The van der Waals surface area contributed by atoms with Crippen molar-refractivity contribution in [3.05, 3.63) is 65.6 Å². The minimum atomic E-state index is -4.48. The topological polar surface area (TPSA) is 456 Å². The van der Waals surface area contributed by atoms with Gasteiger partial charge in [0, 0.05) is 17.1 Å². The lowest BCUT2D eigenvalue weighted by molar-refractivity contribution is -0.131. The van der Waals surface area contributed by atoms with Gasteiger partial charge in [-0.3, -0.25) is 42.4 Å². The zero-order valence-electron chi connectivity index (χ0n) is 41.3. The summed E-state index contributed by atoms with van der Waals surface area (Å²) in [5.74, 6) is -2.55. The maximum atomic E-state index is 16.3. The molecule has 79 heavy (non-hydrogen) atoms. The van der Waals surface area contributed by atoms with Crippen LogP contribution in [0, 0.1) is 5.92 Å². The number of carbonyl (C=O) groups excluding carboxylic acids is 5. The standard InChI is InChI=1S/C41H51FN18O15P2S2/c1-18(2)26(56-24(61)10-53-58-45)37(64)55-21(4-3-9-46-40(44)65)36(63)54-20-7-5-19(6-8-20)11-69-41(66)57-33-28-35(50-15-48-33)60(17-52-28)39-29(62)31-23(73-39)13-71-76(67,78)74-30-22(12-70-77(68,79)75-31)72-38(25(30)42)59-16-51-27-32(43)47-14-49-34(27)59/h5-8,14-18,21-23,25-26,29-31,38-39,62H,3-4,9-13H2,1-2H3,(H,54,63)(H,55,64)(H,56,61)(H,67,78)(H,68,79)(H2,43,47,49)(H3,44,46,65)(H,48,50,57,66)/t21-,22+,23+,25+,26-,29+,30+,31+,38+,39+,76?,77?/m0/s1. The number of hydrogen-bond donors (Lipinski definition) is 10. The fourth-order valence-electron chi connectivity index (χ4n) is 8.37. The van der Waals surface area contributed by atoms with Gasteiger partial charge in [-0.1, -0.05) is 43.3 Å². The number of nitrogens with two attached hydrogens (primary N) is 2. The molecule has 1 aromatic carbocycles. The molecule has 3 aliphatic rings. The molecule has 0 aliphatic carbocycles. The molecule has 6 amide bonds. The summed E-state index contributed by atoms with van der Waals surface area (Å²) in [5, 5.41) is 27.6. The predicted molar refractivity (Wildman–Crippen MR) is 277 cm³/mol. The zero-order chi connectivity index (χ0) is 56.8. The number of halogens is 1. The summed E-state index contributed by atoms with van der Waals surface area (Å²) < 4.78 is 72.5. The second kappa shape index (κ2) is 25.1. The molecule has 0 radical (unpaired) electrons. The van der Waals surface area contributed by atoms with Crippen LogP contribution in [0.15, 0.2) is 54.7 Å². The van der Waals surface area contributed by atoms with Crippen molar-refractivity contribution in [1.82, 2.24) is 55.0 Å². The summed E-state index contributed by atoms with van der Waals surface area (Å²) in [6.45, 7) is -7.58. The Bertz CT molecular complexity index is 3230. The first-order valence-corrected chi connectivity index (χ1v) is 28.9. The van der Waals surface area contributed by atoms with Gasteiger partial charge < -0.3 is 61.5 Å². The molecule has 424 valence electrons.